The normalized spacial score (nSPS) is 13.0. The van der Waals surface area contributed by atoms with E-state index < -0.39 is 0 Å². The van der Waals surface area contributed by atoms with Crippen molar-refractivity contribution in [2.75, 3.05) is 0 Å². The van der Waals surface area contributed by atoms with Crippen LogP contribution in [0.3, 0.4) is 0 Å². The van der Waals surface area contributed by atoms with Gasteiger partial charge in [-0.3, -0.25) is 0 Å². The highest BCUT2D eigenvalue weighted by Crippen LogP contribution is 2.34. The summed E-state index contributed by atoms with van der Waals surface area (Å²) < 4.78 is 13.6. The van der Waals surface area contributed by atoms with Gasteiger partial charge in [0, 0.05) is 21.4 Å². The third-order valence-corrected chi connectivity index (χ3v) is 4.03. The summed E-state index contributed by atoms with van der Waals surface area (Å²) in [6, 6.07) is 10.8. The predicted octanol–water partition coefficient (Wildman–Crippen LogP) is 4.21. The minimum atomic E-state index is -0.181. The summed E-state index contributed by atoms with van der Waals surface area (Å²) in [6.07, 6.45) is 0. The van der Waals surface area contributed by atoms with Gasteiger partial charge in [-0.2, -0.15) is 0 Å². The van der Waals surface area contributed by atoms with Gasteiger partial charge >= 0.3 is 0 Å². The van der Waals surface area contributed by atoms with Crippen LogP contribution in [0, 0.1) is 11.7 Å². The second-order valence-corrected chi connectivity index (χ2v) is 5.57. The molecule has 0 fully saturated rings. The maximum Gasteiger partial charge on any atom is 0.131 e. The van der Waals surface area contributed by atoms with Crippen molar-refractivity contribution < 1.29 is 4.39 Å². The molecule has 2 rings (SSSR count). The molecule has 0 spiro atoms. The van der Waals surface area contributed by atoms with Gasteiger partial charge in [0.25, 0.3) is 0 Å². The smallest absolute Gasteiger partial charge is 0.131 e. The maximum atomic E-state index is 13.6. The van der Waals surface area contributed by atoms with Crippen LogP contribution >= 0.6 is 11.3 Å². The SMILES string of the molecule is CC(C)C(N)c1ccc(-c2ccccc2F)s1. The van der Waals surface area contributed by atoms with Crippen LogP contribution in [0.25, 0.3) is 10.4 Å². The molecule has 0 aliphatic carbocycles. The zero-order valence-electron chi connectivity index (χ0n) is 9.98. The molecule has 3 heteroatoms. The number of rotatable bonds is 3. The number of hydrogen-bond acceptors (Lipinski definition) is 2. The molecule has 0 aliphatic rings. The van der Waals surface area contributed by atoms with Crippen molar-refractivity contribution >= 4 is 11.3 Å². The molecule has 0 amide bonds. The largest absolute Gasteiger partial charge is 0.323 e. The Bertz CT molecular complexity index is 504. The van der Waals surface area contributed by atoms with Crippen molar-refractivity contribution in [1.82, 2.24) is 0 Å². The molecule has 0 bridgehead atoms. The van der Waals surface area contributed by atoms with Crippen molar-refractivity contribution in [2.45, 2.75) is 19.9 Å². The highest BCUT2D eigenvalue weighted by atomic mass is 32.1. The van der Waals surface area contributed by atoms with Crippen molar-refractivity contribution in [3.8, 4) is 10.4 Å². The lowest BCUT2D eigenvalue weighted by Gasteiger charge is -2.12. The molecular weight excluding hydrogens is 233 g/mol. The Morgan fingerprint density at radius 2 is 1.82 bits per heavy atom. The number of thiophene rings is 1. The number of hydrogen-bond donors (Lipinski definition) is 1. The quantitative estimate of drug-likeness (QED) is 0.866. The minimum absolute atomic E-state index is 0.0283. The summed E-state index contributed by atoms with van der Waals surface area (Å²) >= 11 is 1.57. The molecule has 2 aromatic rings. The molecule has 0 aliphatic heterocycles. The zero-order chi connectivity index (χ0) is 12.4. The van der Waals surface area contributed by atoms with Crippen LogP contribution in [0.15, 0.2) is 36.4 Å². The second kappa shape index (κ2) is 4.98. The van der Waals surface area contributed by atoms with Crippen LogP contribution in [-0.4, -0.2) is 0 Å². The van der Waals surface area contributed by atoms with Gasteiger partial charge in [-0.25, -0.2) is 4.39 Å². The summed E-state index contributed by atoms with van der Waals surface area (Å²) in [5.41, 5.74) is 6.74. The third-order valence-electron chi connectivity index (χ3n) is 2.81. The fourth-order valence-electron chi connectivity index (χ4n) is 1.67. The molecule has 1 nitrogen and oxygen atoms in total. The van der Waals surface area contributed by atoms with Gasteiger partial charge in [0.15, 0.2) is 0 Å². The summed E-state index contributed by atoms with van der Waals surface area (Å²) in [5.74, 6) is 0.209. The first-order valence-electron chi connectivity index (χ1n) is 5.70. The van der Waals surface area contributed by atoms with Crippen molar-refractivity contribution in [1.29, 1.82) is 0 Å². The molecule has 0 saturated carbocycles. The van der Waals surface area contributed by atoms with E-state index in [0.717, 1.165) is 9.75 Å². The first-order chi connectivity index (χ1) is 8.09. The van der Waals surface area contributed by atoms with E-state index >= 15 is 0 Å². The lowest BCUT2D eigenvalue weighted by atomic mass is 10.0. The fourth-order valence-corrected chi connectivity index (χ4v) is 2.88. The number of benzene rings is 1. The molecule has 2 N–H and O–H groups in total. The van der Waals surface area contributed by atoms with Gasteiger partial charge in [-0.1, -0.05) is 32.0 Å². The molecule has 1 atom stereocenters. The summed E-state index contributed by atoms with van der Waals surface area (Å²) in [7, 11) is 0. The lowest BCUT2D eigenvalue weighted by molar-refractivity contribution is 0.521. The highest BCUT2D eigenvalue weighted by Gasteiger charge is 2.14. The molecule has 90 valence electrons. The van der Waals surface area contributed by atoms with E-state index in [1.165, 1.54) is 6.07 Å². The van der Waals surface area contributed by atoms with Crippen LogP contribution in [0.4, 0.5) is 4.39 Å². The van der Waals surface area contributed by atoms with E-state index in [4.69, 9.17) is 5.73 Å². The Hall–Kier alpha value is -1.19. The van der Waals surface area contributed by atoms with E-state index in [1.807, 2.05) is 18.2 Å². The lowest BCUT2D eigenvalue weighted by Crippen LogP contribution is -2.14. The zero-order valence-corrected chi connectivity index (χ0v) is 10.8. The van der Waals surface area contributed by atoms with Crippen molar-refractivity contribution in [3.05, 3.63) is 47.1 Å². The van der Waals surface area contributed by atoms with E-state index in [1.54, 1.807) is 23.5 Å². The van der Waals surface area contributed by atoms with Crippen LogP contribution in [0.2, 0.25) is 0 Å². The Labute approximate surface area is 105 Å². The fraction of sp³-hybridized carbons (Fsp3) is 0.286. The topological polar surface area (TPSA) is 26.0 Å². The van der Waals surface area contributed by atoms with E-state index in [9.17, 15) is 4.39 Å². The Balaban J connectivity index is 2.34. The van der Waals surface area contributed by atoms with Gasteiger partial charge in [-0.15, -0.1) is 11.3 Å². The molecule has 17 heavy (non-hydrogen) atoms. The average Bonchev–Trinajstić information content (AvgIpc) is 2.77. The monoisotopic (exact) mass is 249 g/mol. The minimum Gasteiger partial charge on any atom is -0.323 e. The molecule has 1 unspecified atom stereocenters. The Morgan fingerprint density at radius 1 is 1.12 bits per heavy atom. The van der Waals surface area contributed by atoms with Gasteiger partial charge in [0.05, 0.1) is 0 Å². The number of halogens is 1. The standard InChI is InChI=1S/C14H16FNS/c1-9(2)14(16)13-8-7-12(17-13)10-5-3-4-6-11(10)15/h3-9,14H,16H2,1-2H3. The predicted molar refractivity (Wildman–Crippen MR) is 71.5 cm³/mol. The average molecular weight is 249 g/mol. The van der Waals surface area contributed by atoms with Gasteiger partial charge in [-0.05, 0) is 24.1 Å². The van der Waals surface area contributed by atoms with E-state index in [2.05, 4.69) is 13.8 Å². The Kier molecular flexibility index (Phi) is 3.60. The Morgan fingerprint density at radius 3 is 2.47 bits per heavy atom. The highest BCUT2D eigenvalue weighted by molar-refractivity contribution is 7.15. The van der Waals surface area contributed by atoms with Crippen molar-refractivity contribution in [3.63, 3.8) is 0 Å². The van der Waals surface area contributed by atoms with Crippen LogP contribution < -0.4 is 5.73 Å². The summed E-state index contributed by atoms with van der Waals surface area (Å²) in [5, 5.41) is 0. The van der Waals surface area contributed by atoms with Gasteiger partial charge < -0.3 is 5.73 Å². The maximum absolute atomic E-state index is 13.6. The van der Waals surface area contributed by atoms with E-state index in [0.29, 0.717) is 11.5 Å². The summed E-state index contributed by atoms with van der Waals surface area (Å²) in [6.45, 7) is 4.18. The van der Waals surface area contributed by atoms with Crippen LogP contribution in [0.5, 0.6) is 0 Å². The van der Waals surface area contributed by atoms with E-state index in [-0.39, 0.29) is 11.9 Å². The number of nitrogens with two attached hydrogens (primary N) is 1. The van der Waals surface area contributed by atoms with Crippen LogP contribution in [-0.2, 0) is 0 Å². The van der Waals surface area contributed by atoms with Crippen LogP contribution in [0.1, 0.15) is 24.8 Å². The second-order valence-electron chi connectivity index (χ2n) is 4.45. The third kappa shape index (κ3) is 2.56. The van der Waals surface area contributed by atoms with Gasteiger partial charge in [0.2, 0.25) is 0 Å². The van der Waals surface area contributed by atoms with Crippen molar-refractivity contribution in [2.24, 2.45) is 11.7 Å². The molecule has 0 radical (unpaired) electrons. The molecule has 1 heterocycles. The summed E-state index contributed by atoms with van der Waals surface area (Å²) in [4.78, 5) is 2.05. The first kappa shape index (κ1) is 12.3. The molecular formula is C14H16FNS. The molecule has 1 aromatic carbocycles. The van der Waals surface area contributed by atoms with Gasteiger partial charge in [0.1, 0.15) is 5.82 Å². The molecule has 1 aromatic heterocycles. The molecule has 0 saturated heterocycles. The first-order valence-corrected chi connectivity index (χ1v) is 6.51.